The molecule has 0 N–H and O–H groups in total. The number of hydrogen-bond donors (Lipinski definition) is 0. The van der Waals surface area contributed by atoms with Crippen molar-refractivity contribution in [3.8, 4) is 0 Å². The minimum absolute atomic E-state index is 0.105. The molecule has 0 aromatic heterocycles. The average Bonchev–Trinajstić information content (AvgIpc) is 2.64. The van der Waals surface area contributed by atoms with E-state index in [9.17, 15) is 13.2 Å². The number of anilines is 1. The van der Waals surface area contributed by atoms with Crippen LogP contribution in [0.15, 0.2) is 24.3 Å². The zero-order valence-corrected chi connectivity index (χ0v) is 7.30. The molecule has 1 aliphatic rings. The van der Waals surface area contributed by atoms with Crippen molar-refractivity contribution in [1.82, 2.24) is 0 Å². The maximum absolute atomic E-state index is 13.2. The predicted octanol–water partition coefficient (Wildman–Crippen LogP) is 2.48. The van der Waals surface area contributed by atoms with Crippen LogP contribution in [0.3, 0.4) is 0 Å². The molecule has 1 aromatic rings. The molecule has 0 spiro atoms. The van der Waals surface area contributed by atoms with Crippen LogP contribution in [0.2, 0.25) is 0 Å². The molecule has 0 amide bonds. The topological polar surface area (TPSA) is 3.24 Å². The summed E-state index contributed by atoms with van der Waals surface area (Å²) in [7, 11) is 0. The van der Waals surface area contributed by atoms with Crippen molar-refractivity contribution >= 4 is 5.69 Å². The molecule has 0 atom stereocenters. The third-order valence-electron chi connectivity index (χ3n) is 2.15. The maximum atomic E-state index is 13.2. The number of nitrogens with zero attached hydrogens (tertiary/aromatic N) is 1. The van der Waals surface area contributed by atoms with Gasteiger partial charge in [-0.3, -0.25) is 0 Å². The van der Waals surface area contributed by atoms with E-state index in [0.717, 1.165) is 6.07 Å². The van der Waals surface area contributed by atoms with E-state index < -0.39 is 17.5 Å². The zero-order valence-electron chi connectivity index (χ0n) is 7.30. The second-order valence-corrected chi connectivity index (χ2v) is 3.09. The summed E-state index contributed by atoms with van der Waals surface area (Å²) in [6.45, 7) is 1.06. The molecule has 2 rings (SSSR count). The normalized spacial score (nSPS) is 15.2. The van der Waals surface area contributed by atoms with Gasteiger partial charge in [0, 0.05) is 25.2 Å². The Bertz CT molecular complexity index is 379. The molecule has 0 saturated heterocycles. The van der Waals surface area contributed by atoms with E-state index in [1.165, 1.54) is 0 Å². The Morgan fingerprint density at radius 3 is 2.07 bits per heavy atom. The van der Waals surface area contributed by atoms with Crippen LogP contribution >= 0.6 is 0 Å². The second kappa shape index (κ2) is 3.36. The quantitative estimate of drug-likeness (QED) is 0.496. The molecule has 0 saturated carbocycles. The van der Waals surface area contributed by atoms with Gasteiger partial charge < -0.3 is 4.90 Å². The predicted molar refractivity (Wildman–Crippen MR) is 47.7 cm³/mol. The van der Waals surface area contributed by atoms with Crippen molar-refractivity contribution < 1.29 is 13.2 Å². The first-order valence-corrected chi connectivity index (χ1v) is 4.23. The molecule has 0 radical (unpaired) electrons. The van der Waals surface area contributed by atoms with Crippen molar-refractivity contribution in [1.29, 1.82) is 0 Å². The lowest BCUT2D eigenvalue weighted by atomic mass is 10.2. The fraction of sp³-hybridized carbons (Fsp3) is 0.200. The van der Waals surface area contributed by atoms with Gasteiger partial charge in [0.2, 0.25) is 0 Å². The maximum Gasteiger partial charge on any atom is 0.161 e. The van der Waals surface area contributed by atoms with Crippen LogP contribution in [0.25, 0.3) is 0 Å². The van der Waals surface area contributed by atoms with Gasteiger partial charge in [-0.05, 0) is 0 Å². The van der Waals surface area contributed by atoms with E-state index in [1.807, 2.05) is 12.2 Å². The minimum Gasteiger partial charge on any atom is -0.362 e. The Morgan fingerprint density at radius 2 is 1.43 bits per heavy atom. The van der Waals surface area contributed by atoms with Crippen LogP contribution < -0.4 is 4.90 Å². The monoisotopic (exact) mass is 199 g/mol. The van der Waals surface area contributed by atoms with E-state index in [0.29, 0.717) is 19.2 Å². The van der Waals surface area contributed by atoms with Crippen molar-refractivity contribution in [2.45, 2.75) is 0 Å². The molecule has 1 aliphatic heterocycles. The summed E-state index contributed by atoms with van der Waals surface area (Å²) in [5, 5.41) is 0. The van der Waals surface area contributed by atoms with Crippen molar-refractivity contribution in [3.05, 3.63) is 41.7 Å². The molecule has 14 heavy (non-hydrogen) atoms. The Balaban J connectivity index is 2.38. The largest absolute Gasteiger partial charge is 0.362 e. The van der Waals surface area contributed by atoms with Crippen molar-refractivity contribution in [2.75, 3.05) is 18.0 Å². The number of halogens is 3. The standard InChI is InChI=1S/C10H8F3N/c11-7-5-9(13)10(6-8(7)12)14-3-1-2-4-14/h1-2,5-6H,3-4H2. The Hall–Kier alpha value is -1.45. The lowest BCUT2D eigenvalue weighted by Crippen LogP contribution is -2.20. The van der Waals surface area contributed by atoms with E-state index in [4.69, 9.17) is 0 Å². The highest BCUT2D eigenvalue weighted by atomic mass is 19.2. The smallest absolute Gasteiger partial charge is 0.161 e. The Kier molecular flexibility index (Phi) is 2.19. The lowest BCUT2D eigenvalue weighted by Gasteiger charge is -2.18. The summed E-state index contributed by atoms with van der Waals surface area (Å²) in [4.78, 5) is 1.62. The van der Waals surface area contributed by atoms with Crippen LogP contribution in [0, 0.1) is 17.5 Å². The van der Waals surface area contributed by atoms with Gasteiger partial charge in [0.1, 0.15) is 5.82 Å². The first-order valence-electron chi connectivity index (χ1n) is 4.23. The molecule has 1 heterocycles. The van der Waals surface area contributed by atoms with Gasteiger partial charge in [-0.1, -0.05) is 12.2 Å². The molecule has 0 aliphatic carbocycles. The lowest BCUT2D eigenvalue weighted by molar-refractivity contribution is 0.494. The van der Waals surface area contributed by atoms with Crippen LogP contribution in [0.5, 0.6) is 0 Å². The number of rotatable bonds is 1. The number of benzene rings is 1. The van der Waals surface area contributed by atoms with E-state index >= 15 is 0 Å². The number of hydrogen-bond acceptors (Lipinski definition) is 1. The molecule has 4 heteroatoms. The SMILES string of the molecule is Fc1cc(F)c(N2CC=CC2)cc1F. The van der Waals surface area contributed by atoms with Gasteiger partial charge in [-0.2, -0.15) is 0 Å². The van der Waals surface area contributed by atoms with Gasteiger partial charge in [0.05, 0.1) is 5.69 Å². The van der Waals surface area contributed by atoms with Gasteiger partial charge in [-0.15, -0.1) is 0 Å². The summed E-state index contributed by atoms with van der Waals surface area (Å²) in [5.41, 5.74) is 0.105. The van der Waals surface area contributed by atoms with Gasteiger partial charge in [0.15, 0.2) is 11.6 Å². The minimum atomic E-state index is -1.15. The molecular formula is C10H8F3N. The first kappa shape index (κ1) is 9.12. The highest BCUT2D eigenvalue weighted by Crippen LogP contribution is 2.23. The highest BCUT2D eigenvalue weighted by molar-refractivity contribution is 5.50. The third-order valence-corrected chi connectivity index (χ3v) is 2.15. The van der Waals surface area contributed by atoms with E-state index in [-0.39, 0.29) is 5.69 Å². The molecule has 0 unspecified atom stereocenters. The van der Waals surface area contributed by atoms with E-state index in [1.54, 1.807) is 4.90 Å². The first-order chi connectivity index (χ1) is 6.68. The zero-order chi connectivity index (χ0) is 10.1. The fourth-order valence-corrected chi connectivity index (χ4v) is 1.43. The summed E-state index contributed by atoms with van der Waals surface area (Å²) >= 11 is 0. The van der Waals surface area contributed by atoms with E-state index in [2.05, 4.69) is 0 Å². The van der Waals surface area contributed by atoms with Gasteiger partial charge >= 0.3 is 0 Å². The highest BCUT2D eigenvalue weighted by Gasteiger charge is 2.15. The molecule has 74 valence electrons. The molecule has 1 nitrogen and oxygen atoms in total. The third kappa shape index (κ3) is 1.47. The average molecular weight is 199 g/mol. The summed E-state index contributed by atoms with van der Waals surface area (Å²) in [6, 6.07) is 1.46. The molecule has 0 bridgehead atoms. The van der Waals surface area contributed by atoms with Crippen LogP contribution in [0.4, 0.5) is 18.9 Å². The Labute approximate surface area is 79.5 Å². The fourth-order valence-electron chi connectivity index (χ4n) is 1.43. The Morgan fingerprint density at radius 1 is 0.857 bits per heavy atom. The van der Waals surface area contributed by atoms with Gasteiger partial charge in [-0.25, -0.2) is 13.2 Å². The summed E-state index contributed by atoms with van der Waals surface area (Å²) < 4.78 is 38.6. The van der Waals surface area contributed by atoms with Crippen molar-refractivity contribution in [2.24, 2.45) is 0 Å². The van der Waals surface area contributed by atoms with Crippen molar-refractivity contribution in [3.63, 3.8) is 0 Å². The summed E-state index contributed by atoms with van der Waals surface area (Å²) in [5.74, 6) is -2.90. The van der Waals surface area contributed by atoms with Crippen LogP contribution in [0.1, 0.15) is 0 Å². The molecular weight excluding hydrogens is 191 g/mol. The second-order valence-electron chi connectivity index (χ2n) is 3.09. The van der Waals surface area contributed by atoms with Crippen LogP contribution in [-0.4, -0.2) is 13.1 Å². The summed E-state index contributed by atoms with van der Waals surface area (Å²) in [6.07, 6.45) is 3.70. The van der Waals surface area contributed by atoms with Gasteiger partial charge in [0.25, 0.3) is 0 Å². The molecule has 0 fully saturated rings. The molecule has 1 aromatic carbocycles. The van der Waals surface area contributed by atoms with Crippen LogP contribution in [-0.2, 0) is 0 Å².